The minimum absolute atomic E-state index is 0. The molecule has 0 radical (unpaired) electrons. The standard InChI is InChI=1S/C4H6O.C2H2O.CH4/c1-3-4(2)5;1-2-3;/h3H,1H2,2H3;1H2;1H4. The Hall–Kier alpha value is -1.14. The zero-order valence-corrected chi connectivity index (χ0v) is 4.81. The molecule has 0 saturated carbocycles. The molecule has 0 aliphatic rings. The smallest absolute Gasteiger partial charge is 0.152 e. The highest BCUT2D eigenvalue weighted by Gasteiger charge is 1.69. The SMILES string of the molecule is C.C=C=O.C=CC(C)=O. The topological polar surface area (TPSA) is 34.1 Å². The van der Waals surface area contributed by atoms with E-state index >= 15 is 0 Å². The summed E-state index contributed by atoms with van der Waals surface area (Å²) in [6, 6.07) is 0. The maximum atomic E-state index is 9.69. The van der Waals surface area contributed by atoms with Crippen molar-refractivity contribution in [2.24, 2.45) is 0 Å². The fourth-order valence-corrected chi connectivity index (χ4v) is 0. The second-order valence-corrected chi connectivity index (χ2v) is 0.959. The summed E-state index contributed by atoms with van der Waals surface area (Å²) in [6.07, 6.45) is 1.28. The lowest BCUT2D eigenvalue weighted by atomic mass is 10.5. The number of ketones is 1. The van der Waals surface area contributed by atoms with E-state index in [9.17, 15) is 4.79 Å². The van der Waals surface area contributed by atoms with E-state index in [1.807, 2.05) is 0 Å². The molecule has 0 unspecified atom stereocenters. The molecule has 0 fully saturated rings. The first kappa shape index (κ1) is 15.7. The summed E-state index contributed by atoms with van der Waals surface area (Å²) in [5, 5.41) is 0. The molecule has 2 nitrogen and oxygen atoms in total. The summed E-state index contributed by atoms with van der Waals surface area (Å²) < 4.78 is 0. The van der Waals surface area contributed by atoms with E-state index in [2.05, 4.69) is 13.2 Å². The van der Waals surface area contributed by atoms with Crippen LogP contribution >= 0.6 is 0 Å². The van der Waals surface area contributed by atoms with Gasteiger partial charge in [-0.25, -0.2) is 4.79 Å². The number of hydrogen-bond acceptors (Lipinski definition) is 2. The minimum Gasteiger partial charge on any atom is -0.295 e. The molecule has 0 aliphatic carbocycles. The van der Waals surface area contributed by atoms with Gasteiger partial charge in [0, 0.05) is 0 Å². The van der Waals surface area contributed by atoms with Crippen LogP contribution in [0.1, 0.15) is 14.4 Å². The largest absolute Gasteiger partial charge is 0.295 e. The van der Waals surface area contributed by atoms with Gasteiger partial charge in [0.2, 0.25) is 0 Å². The second kappa shape index (κ2) is 15.8. The van der Waals surface area contributed by atoms with Crippen LogP contribution in [0.2, 0.25) is 0 Å². The summed E-state index contributed by atoms with van der Waals surface area (Å²) in [5.41, 5.74) is 0. The molecule has 0 rings (SSSR count). The Bertz CT molecular complexity index is 108. The van der Waals surface area contributed by atoms with Gasteiger partial charge in [0.05, 0.1) is 0 Å². The molecule has 2 heteroatoms. The van der Waals surface area contributed by atoms with E-state index in [4.69, 9.17) is 4.79 Å². The van der Waals surface area contributed by atoms with Crippen LogP contribution < -0.4 is 0 Å². The van der Waals surface area contributed by atoms with Gasteiger partial charge in [0.15, 0.2) is 5.78 Å². The molecule has 0 heterocycles. The van der Waals surface area contributed by atoms with Crippen molar-refractivity contribution >= 4 is 11.7 Å². The van der Waals surface area contributed by atoms with Crippen molar-refractivity contribution in [3.05, 3.63) is 19.2 Å². The molecule has 9 heavy (non-hydrogen) atoms. The summed E-state index contributed by atoms with van der Waals surface area (Å²) in [7, 11) is 0. The van der Waals surface area contributed by atoms with Crippen molar-refractivity contribution in [2.45, 2.75) is 14.4 Å². The number of allylic oxidation sites excluding steroid dienone is 1. The fraction of sp³-hybridized carbons (Fsp3) is 0.286. The zero-order chi connectivity index (χ0) is 6.99. The number of carbonyl (C=O) groups is 1. The number of rotatable bonds is 1. The molecule has 0 aromatic carbocycles. The van der Waals surface area contributed by atoms with Gasteiger partial charge in [-0.3, -0.25) is 4.79 Å². The van der Waals surface area contributed by atoms with E-state index in [1.54, 1.807) is 0 Å². The lowest BCUT2D eigenvalue weighted by Gasteiger charge is -1.62. The van der Waals surface area contributed by atoms with Crippen LogP contribution in [-0.2, 0) is 9.59 Å². The second-order valence-electron chi connectivity index (χ2n) is 0.959. The highest BCUT2D eigenvalue weighted by atomic mass is 16.1. The molecule has 0 spiro atoms. The monoisotopic (exact) mass is 128 g/mol. The van der Waals surface area contributed by atoms with Crippen molar-refractivity contribution in [3.63, 3.8) is 0 Å². The first-order chi connectivity index (χ1) is 3.68. The van der Waals surface area contributed by atoms with Gasteiger partial charge in [0.25, 0.3) is 0 Å². The van der Waals surface area contributed by atoms with Crippen LogP contribution in [0, 0.1) is 0 Å². The quantitative estimate of drug-likeness (QED) is 0.395. The predicted molar refractivity (Wildman–Crippen MR) is 38.9 cm³/mol. The van der Waals surface area contributed by atoms with Gasteiger partial charge < -0.3 is 0 Å². The first-order valence-corrected chi connectivity index (χ1v) is 1.96. The summed E-state index contributed by atoms with van der Waals surface area (Å²) >= 11 is 0. The van der Waals surface area contributed by atoms with Crippen molar-refractivity contribution in [3.8, 4) is 0 Å². The lowest BCUT2D eigenvalue weighted by Crippen LogP contribution is -1.74. The van der Waals surface area contributed by atoms with Gasteiger partial charge >= 0.3 is 0 Å². The Balaban J connectivity index is -0.0000000800. The Kier molecular flexibility index (Phi) is 27.5. The van der Waals surface area contributed by atoms with Crippen LogP contribution in [0.3, 0.4) is 0 Å². The first-order valence-electron chi connectivity index (χ1n) is 1.96. The van der Waals surface area contributed by atoms with Crippen LogP contribution in [0.15, 0.2) is 19.2 Å². The van der Waals surface area contributed by atoms with E-state index in [-0.39, 0.29) is 13.2 Å². The molecular formula is C7H12O2. The van der Waals surface area contributed by atoms with E-state index < -0.39 is 0 Å². The summed E-state index contributed by atoms with van der Waals surface area (Å²) in [4.78, 5) is 18.3. The predicted octanol–water partition coefficient (Wildman–Crippen LogP) is 1.40. The molecule has 0 bridgehead atoms. The van der Waals surface area contributed by atoms with Gasteiger partial charge in [-0.15, -0.1) is 0 Å². The van der Waals surface area contributed by atoms with Gasteiger partial charge in [-0.05, 0) is 19.6 Å². The van der Waals surface area contributed by atoms with Crippen LogP contribution in [0.4, 0.5) is 0 Å². The van der Waals surface area contributed by atoms with E-state index in [0.29, 0.717) is 0 Å². The third-order valence-electron chi connectivity index (χ3n) is 0.287. The molecule has 0 aromatic heterocycles. The average molecular weight is 128 g/mol. The fourth-order valence-electron chi connectivity index (χ4n) is 0. The Morgan fingerprint density at radius 1 is 1.67 bits per heavy atom. The van der Waals surface area contributed by atoms with Crippen molar-refractivity contribution in [2.75, 3.05) is 0 Å². The highest BCUT2D eigenvalue weighted by Crippen LogP contribution is 1.60. The molecule has 52 valence electrons. The molecule has 0 atom stereocenters. The van der Waals surface area contributed by atoms with Crippen molar-refractivity contribution in [1.82, 2.24) is 0 Å². The molecule has 0 aliphatic heterocycles. The van der Waals surface area contributed by atoms with Gasteiger partial charge in [0.1, 0.15) is 5.94 Å². The molecule has 0 aromatic rings. The third-order valence-corrected chi connectivity index (χ3v) is 0.287. The molecule has 0 N–H and O–H groups in total. The molecular weight excluding hydrogens is 116 g/mol. The Morgan fingerprint density at radius 2 is 1.78 bits per heavy atom. The van der Waals surface area contributed by atoms with E-state index in [0.717, 1.165) is 0 Å². The highest BCUT2D eigenvalue weighted by molar-refractivity contribution is 5.86. The maximum absolute atomic E-state index is 9.69. The number of hydrogen-bond donors (Lipinski definition) is 0. The van der Waals surface area contributed by atoms with Crippen molar-refractivity contribution in [1.29, 1.82) is 0 Å². The normalized spacial score (nSPS) is 4.56. The minimum atomic E-state index is 0. The molecule has 0 saturated heterocycles. The van der Waals surface area contributed by atoms with Crippen molar-refractivity contribution < 1.29 is 9.59 Å². The van der Waals surface area contributed by atoms with Crippen LogP contribution in [0.25, 0.3) is 0 Å². The average Bonchev–Trinajstić information content (AvgIpc) is 1.69. The van der Waals surface area contributed by atoms with Gasteiger partial charge in [-0.2, -0.15) is 0 Å². The Labute approximate surface area is 55.9 Å². The summed E-state index contributed by atoms with van der Waals surface area (Å²) in [6.45, 7) is 7.36. The summed E-state index contributed by atoms with van der Waals surface area (Å²) in [5.74, 6) is 1.27. The zero-order valence-electron chi connectivity index (χ0n) is 4.81. The third kappa shape index (κ3) is 219. The van der Waals surface area contributed by atoms with Crippen LogP contribution in [-0.4, -0.2) is 11.7 Å². The molecule has 0 amide bonds. The van der Waals surface area contributed by atoms with E-state index in [1.165, 1.54) is 18.9 Å². The maximum Gasteiger partial charge on any atom is 0.152 e. The van der Waals surface area contributed by atoms with Crippen LogP contribution in [0.5, 0.6) is 0 Å². The lowest BCUT2D eigenvalue weighted by molar-refractivity contribution is -0.112. The van der Waals surface area contributed by atoms with Gasteiger partial charge in [-0.1, -0.05) is 14.0 Å². The number of carbonyl (C=O) groups excluding carboxylic acids is 2. The Morgan fingerprint density at radius 3 is 1.78 bits per heavy atom.